The molecule has 2 heterocycles. The number of carboxylic acid groups (broad SMARTS) is 1. The van der Waals surface area contributed by atoms with Crippen LogP contribution in [0.2, 0.25) is 0 Å². The summed E-state index contributed by atoms with van der Waals surface area (Å²) in [5.74, 6) is -0.253. The molecule has 0 fully saturated rings. The van der Waals surface area contributed by atoms with E-state index in [0.29, 0.717) is 11.3 Å². The number of ether oxygens (including phenoxy) is 1. The fourth-order valence-corrected chi connectivity index (χ4v) is 2.26. The van der Waals surface area contributed by atoms with Gasteiger partial charge in [-0.15, -0.1) is 0 Å². The van der Waals surface area contributed by atoms with Crippen LogP contribution in [0.1, 0.15) is 10.4 Å². The molecule has 0 spiro atoms. The molecule has 0 saturated carbocycles. The number of aromatic carboxylic acids is 1. The summed E-state index contributed by atoms with van der Waals surface area (Å²) < 4.78 is 8.32. The summed E-state index contributed by atoms with van der Waals surface area (Å²) >= 11 is 0. The van der Waals surface area contributed by atoms with Gasteiger partial charge in [0.25, 0.3) is 0 Å². The number of nitrogens with zero attached hydrogens (tertiary/aromatic N) is 4. The molecule has 112 valence electrons. The summed E-state index contributed by atoms with van der Waals surface area (Å²) in [6.07, 6.45) is 4.72. The summed E-state index contributed by atoms with van der Waals surface area (Å²) in [5, 5.41) is 17.5. The third-order valence-corrected chi connectivity index (χ3v) is 3.36. The summed E-state index contributed by atoms with van der Waals surface area (Å²) in [7, 11) is 3.31. The summed E-state index contributed by atoms with van der Waals surface area (Å²) in [5.41, 5.74) is 2.21. The maximum Gasteiger partial charge on any atom is 0.339 e. The van der Waals surface area contributed by atoms with Gasteiger partial charge in [0.2, 0.25) is 0 Å². The molecule has 7 nitrogen and oxygen atoms in total. The molecule has 2 aromatic heterocycles. The number of hydrogen-bond donors (Lipinski definition) is 1. The van der Waals surface area contributed by atoms with Crippen LogP contribution < -0.4 is 4.74 Å². The molecule has 0 aliphatic rings. The van der Waals surface area contributed by atoms with E-state index in [0.717, 1.165) is 11.4 Å². The molecule has 0 aliphatic carbocycles. The summed E-state index contributed by atoms with van der Waals surface area (Å²) in [6, 6.07) is 7.42. The Kier molecular flexibility index (Phi) is 3.38. The van der Waals surface area contributed by atoms with Gasteiger partial charge in [0.1, 0.15) is 11.3 Å². The predicted molar refractivity (Wildman–Crippen MR) is 79.3 cm³/mol. The number of aromatic nitrogens is 4. The minimum absolute atomic E-state index is 0.150. The van der Waals surface area contributed by atoms with Crippen LogP contribution in [0.25, 0.3) is 16.9 Å². The highest BCUT2D eigenvalue weighted by atomic mass is 16.5. The maximum absolute atomic E-state index is 11.3. The monoisotopic (exact) mass is 298 g/mol. The molecule has 0 radical (unpaired) electrons. The zero-order valence-electron chi connectivity index (χ0n) is 12.1. The predicted octanol–water partition coefficient (Wildman–Crippen LogP) is 1.98. The first kappa shape index (κ1) is 13.9. The molecule has 1 N–H and O–H groups in total. The Balaban J connectivity index is 2.00. The van der Waals surface area contributed by atoms with Gasteiger partial charge in [-0.2, -0.15) is 10.2 Å². The largest absolute Gasteiger partial charge is 0.497 e. The first-order valence-electron chi connectivity index (χ1n) is 6.55. The minimum atomic E-state index is -1.01. The van der Waals surface area contributed by atoms with Crippen molar-refractivity contribution in [2.45, 2.75) is 0 Å². The van der Waals surface area contributed by atoms with Gasteiger partial charge in [-0.1, -0.05) is 0 Å². The molecule has 0 aliphatic heterocycles. The van der Waals surface area contributed by atoms with Gasteiger partial charge in [0, 0.05) is 18.8 Å². The molecule has 22 heavy (non-hydrogen) atoms. The van der Waals surface area contributed by atoms with Crippen LogP contribution in [0.3, 0.4) is 0 Å². The SMILES string of the molecule is COc1ccc(-n2cc(-c3c(C(=O)O)cnn3C)cn2)cc1. The first-order valence-corrected chi connectivity index (χ1v) is 6.55. The van der Waals surface area contributed by atoms with Crippen LogP contribution in [0.5, 0.6) is 5.75 Å². The molecule has 1 aromatic carbocycles. The van der Waals surface area contributed by atoms with Crippen molar-refractivity contribution in [3.05, 3.63) is 48.4 Å². The molecule has 3 aromatic rings. The zero-order valence-corrected chi connectivity index (χ0v) is 12.1. The summed E-state index contributed by atoms with van der Waals surface area (Å²) in [6.45, 7) is 0. The zero-order chi connectivity index (χ0) is 15.7. The highest BCUT2D eigenvalue weighted by Gasteiger charge is 2.18. The van der Waals surface area contributed by atoms with Gasteiger partial charge < -0.3 is 9.84 Å². The highest BCUT2D eigenvalue weighted by molar-refractivity contribution is 5.94. The second-order valence-electron chi connectivity index (χ2n) is 4.71. The van der Waals surface area contributed by atoms with Crippen LogP contribution in [0, 0.1) is 0 Å². The Morgan fingerprint density at radius 3 is 2.55 bits per heavy atom. The number of carbonyl (C=O) groups is 1. The third kappa shape index (κ3) is 2.32. The number of carboxylic acids is 1. The lowest BCUT2D eigenvalue weighted by Gasteiger charge is -2.03. The third-order valence-electron chi connectivity index (χ3n) is 3.36. The summed E-state index contributed by atoms with van der Waals surface area (Å²) in [4.78, 5) is 11.3. The fraction of sp³-hybridized carbons (Fsp3) is 0.133. The highest BCUT2D eigenvalue weighted by Crippen LogP contribution is 2.24. The number of benzene rings is 1. The van der Waals surface area contributed by atoms with E-state index in [4.69, 9.17) is 4.74 Å². The number of aryl methyl sites for hydroxylation is 1. The van der Waals surface area contributed by atoms with Gasteiger partial charge >= 0.3 is 5.97 Å². The van der Waals surface area contributed by atoms with E-state index in [-0.39, 0.29) is 5.56 Å². The van der Waals surface area contributed by atoms with E-state index >= 15 is 0 Å². The molecule has 0 atom stereocenters. The second kappa shape index (κ2) is 5.36. The van der Waals surface area contributed by atoms with Crippen molar-refractivity contribution in [3.63, 3.8) is 0 Å². The van der Waals surface area contributed by atoms with Crippen molar-refractivity contribution >= 4 is 5.97 Å². The van der Waals surface area contributed by atoms with E-state index in [9.17, 15) is 9.90 Å². The van der Waals surface area contributed by atoms with Crippen molar-refractivity contribution in [1.82, 2.24) is 19.6 Å². The van der Waals surface area contributed by atoms with Gasteiger partial charge in [-0.3, -0.25) is 4.68 Å². The van der Waals surface area contributed by atoms with Crippen molar-refractivity contribution in [3.8, 4) is 22.7 Å². The topological polar surface area (TPSA) is 82.2 Å². The molecule has 7 heteroatoms. The molecule has 3 rings (SSSR count). The van der Waals surface area contributed by atoms with Crippen molar-refractivity contribution < 1.29 is 14.6 Å². The van der Waals surface area contributed by atoms with Crippen LogP contribution >= 0.6 is 0 Å². The van der Waals surface area contributed by atoms with Crippen LogP contribution in [-0.2, 0) is 7.05 Å². The van der Waals surface area contributed by atoms with Crippen LogP contribution in [0.15, 0.2) is 42.9 Å². The normalized spacial score (nSPS) is 10.6. The van der Waals surface area contributed by atoms with Gasteiger partial charge in [-0.25, -0.2) is 9.48 Å². The van der Waals surface area contributed by atoms with E-state index in [2.05, 4.69) is 10.2 Å². The Bertz CT molecular complexity index is 818. The Hall–Kier alpha value is -3.09. The van der Waals surface area contributed by atoms with E-state index in [1.54, 1.807) is 31.2 Å². The van der Waals surface area contributed by atoms with Crippen molar-refractivity contribution in [1.29, 1.82) is 0 Å². The van der Waals surface area contributed by atoms with Crippen molar-refractivity contribution in [2.24, 2.45) is 7.05 Å². The number of hydrogen-bond acceptors (Lipinski definition) is 4. The Morgan fingerprint density at radius 2 is 1.91 bits per heavy atom. The molecular formula is C15H14N4O3. The smallest absolute Gasteiger partial charge is 0.339 e. The first-order chi connectivity index (χ1) is 10.6. The van der Waals surface area contributed by atoms with Gasteiger partial charge in [0.15, 0.2) is 0 Å². The standard InChI is InChI=1S/C15H14N4O3/c1-18-14(13(8-16-18)15(20)21)10-7-17-19(9-10)11-3-5-12(22-2)6-4-11/h3-9H,1-2H3,(H,20,21). The van der Waals surface area contributed by atoms with Crippen molar-refractivity contribution in [2.75, 3.05) is 7.11 Å². The lowest BCUT2D eigenvalue weighted by atomic mass is 10.1. The molecule has 0 bridgehead atoms. The average Bonchev–Trinajstić information content (AvgIpc) is 3.13. The minimum Gasteiger partial charge on any atom is -0.497 e. The van der Waals surface area contributed by atoms with Crippen LogP contribution in [-0.4, -0.2) is 37.7 Å². The van der Waals surface area contributed by atoms with Gasteiger partial charge in [-0.05, 0) is 24.3 Å². The number of methoxy groups -OCH3 is 1. The lowest BCUT2D eigenvalue weighted by molar-refractivity contribution is 0.0697. The van der Waals surface area contributed by atoms with E-state index < -0.39 is 5.97 Å². The quantitative estimate of drug-likeness (QED) is 0.796. The lowest BCUT2D eigenvalue weighted by Crippen LogP contribution is -2.00. The fourth-order valence-electron chi connectivity index (χ4n) is 2.26. The molecule has 0 amide bonds. The number of rotatable bonds is 4. The maximum atomic E-state index is 11.3. The second-order valence-corrected chi connectivity index (χ2v) is 4.71. The van der Waals surface area contributed by atoms with E-state index in [1.807, 2.05) is 24.3 Å². The average molecular weight is 298 g/mol. The molecular weight excluding hydrogens is 284 g/mol. The van der Waals surface area contributed by atoms with E-state index in [1.165, 1.54) is 10.9 Å². The van der Waals surface area contributed by atoms with Gasteiger partial charge in [0.05, 0.1) is 30.9 Å². The Labute approximate surface area is 126 Å². The Morgan fingerprint density at radius 1 is 1.18 bits per heavy atom. The molecule has 0 saturated heterocycles. The molecule has 0 unspecified atom stereocenters. The van der Waals surface area contributed by atoms with Crippen LogP contribution in [0.4, 0.5) is 0 Å².